The van der Waals surface area contributed by atoms with Gasteiger partial charge in [-0.05, 0) is 98.2 Å². The monoisotopic (exact) mass is 669 g/mol. The molecule has 0 atom stereocenters. The third-order valence-electron chi connectivity index (χ3n) is 10.9. The minimum Gasteiger partial charge on any atom is -0.310 e. The van der Waals surface area contributed by atoms with E-state index in [0.717, 1.165) is 11.4 Å². The molecule has 0 spiro atoms. The highest BCUT2D eigenvalue weighted by Gasteiger charge is 2.37. The lowest BCUT2D eigenvalue weighted by Crippen LogP contribution is -2.16. The Morgan fingerprint density at radius 1 is 0.451 bits per heavy atom. The highest BCUT2D eigenvalue weighted by atomic mass is 32.1. The Bertz CT molecular complexity index is 2770. The molecule has 0 saturated carbocycles. The molecule has 1 aliphatic carbocycles. The van der Waals surface area contributed by atoms with Gasteiger partial charge >= 0.3 is 0 Å². The molecule has 1 aromatic heterocycles. The fourth-order valence-electron chi connectivity index (χ4n) is 8.34. The molecule has 0 aliphatic heterocycles. The van der Waals surface area contributed by atoms with Gasteiger partial charge in [-0.1, -0.05) is 141 Å². The lowest BCUT2D eigenvalue weighted by atomic mass is 9.82. The van der Waals surface area contributed by atoms with E-state index >= 15 is 0 Å². The second kappa shape index (κ2) is 11.6. The molecule has 2 heteroatoms. The maximum Gasteiger partial charge on any atom is 0.0543 e. The molecule has 0 bridgehead atoms. The van der Waals surface area contributed by atoms with Crippen LogP contribution in [0.4, 0.5) is 17.1 Å². The molecular formula is C49H35NS. The van der Waals surface area contributed by atoms with Crippen LogP contribution >= 0.6 is 11.3 Å². The summed E-state index contributed by atoms with van der Waals surface area (Å²) in [6.45, 7) is 4.71. The number of benzene rings is 8. The van der Waals surface area contributed by atoms with Crippen LogP contribution in [-0.2, 0) is 5.41 Å². The van der Waals surface area contributed by atoms with Crippen molar-refractivity contribution < 1.29 is 0 Å². The third kappa shape index (κ3) is 4.75. The number of fused-ring (bicyclic) bond motifs is 8. The first-order chi connectivity index (χ1) is 25.0. The maximum atomic E-state index is 2.45. The van der Waals surface area contributed by atoms with Crippen molar-refractivity contribution in [3.8, 4) is 33.4 Å². The summed E-state index contributed by atoms with van der Waals surface area (Å²) >= 11 is 1.88. The van der Waals surface area contributed by atoms with E-state index in [-0.39, 0.29) is 5.41 Å². The molecule has 0 saturated heterocycles. The molecule has 1 nitrogen and oxygen atoms in total. The van der Waals surface area contributed by atoms with Crippen LogP contribution in [0, 0.1) is 0 Å². The Kier molecular flexibility index (Phi) is 6.78. The first-order valence-electron chi connectivity index (χ1n) is 17.7. The number of rotatable bonds is 5. The van der Waals surface area contributed by atoms with Gasteiger partial charge in [0.25, 0.3) is 0 Å². The predicted octanol–water partition coefficient (Wildman–Crippen LogP) is 14.3. The average molecular weight is 670 g/mol. The van der Waals surface area contributed by atoms with E-state index in [4.69, 9.17) is 0 Å². The molecule has 1 heterocycles. The lowest BCUT2D eigenvalue weighted by molar-refractivity contribution is 0.660. The van der Waals surface area contributed by atoms with E-state index in [9.17, 15) is 0 Å². The number of thiophene rings is 1. The normalized spacial score (nSPS) is 13.1. The Morgan fingerprint density at radius 2 is 1.14 bits per heavy atom. The first-order valence-corrected chi connectivity index (χ1v) is 18.5. The minimum atomic E-state index is -0.0830. The van der Waals surface area contributed by atoms with Crippen molar-refractivity contribution in [2.75, 3.05) is 4.90 Å². The summed E-state index contributed by atoms with van der Waals surface area (Å²) in [5, 5.41) is 5.29. The summed E-state index contributed by atoms with van der Waals surface area (Å²) in [4.78, 5) is 2.45. The second-order valence-electron chi connectivity index (χ2n) is 14.1. The van der Waals surface area contributed by atoms with Gasteiger partial charge in [-0.25, -0.2) is 0 Å². The molecule has 0 N–H and O–H groups in total. The smallest absolute Gasteiger partial charge is 0.0543 e. The summed E-state index contributed by atoms with van der Waals surface area (Å²) < 4.78 is 2.69. The van der Waals surface area contributed by atoms with E-state index in [0.29, 0.717) is 0 Å². The number of hydrogen-bond acceptors (Lipinski definition) is 2. The van der Waals surface area contributed by atoms with Crippen molar-refractivity contribution in [1.82, 2.24) is 0 Å². The summed E-state index contributed by atoms with van der Waals surface area (Å²) in [6.07, 6.45) is 0. The molecule has 0 fully saturated rings. The van der Waals surface area contributed by atoms with Crippen LogP contribution in [0.2, 0.25) is 0 Å². The van der Waals surface area contributed by atoms with Crippen LogP contribution in [0.3, 0.4) is 0 Å². The van der Waals surface area contributed by atoms with Gasteiger partial charge in [0, 0.05) is 42.5 Å². The second-order valence-corrected chi connectivity index (χ2v) is 15.2. The van der Waals surface area contributed by atoms with Gasteiger partial charge in [0.05, 0.1) is 5.69 Å². The zero-order valence-electron chi connectivity index (χ0n) is 28.6. The van der Waals surface area contributed by atoms with Crippen LogP contribution in [-0.4, -0.2) is 0 Å². The summed E-state index contributed by atoms with van der Waals surface area (Å²) in [5.74, 6) is 0. The van der Waals surface area contributed by atoms with Crippen LogP contribution in [0.5, 0.6) is 0 Å². The number of hydrogen-bond donors (Lipinski definition) is 0. The number of nitrogens with zero attached hydrogens (tertiary/aromatic N) is 1. The minimum absolute atomic E-state index is 0.0830. The standard InChI is InChI=1S/C49H35NS/c1-49(2)42-18-8-6-16-40(42)48-43(49)19-11-20-44(48)50(38-15-10-14-34(31-38)32-12-4-3-5-13-32)37-26-22-33(23-27-37)35-24-28-39-36(30-35)25-29-46-47(39)41-17-7-9-21-45(41)51-46/h3-31H,1-2H3. The van der Waals surface area contributed by atoms with Crippen LogP contribution in [0.25, 0.3) is 64.3 Å². The van der Waals surface area contributed by atoms with Crippen molar-refractivity contribution in [1.29, 1.82) is 0 Å². The van der Waals surface area contributed by atoms with E-state index in [2.05, 4.69) is 195 Å². The summed E-state index contributed by atoms with van der Waals surface area (Å²) in [6, 6.07) is 64.8. The van der Waals surface area contributed by atoms with Gasteiger partial charge in [-0.15, -0.1) is 11.3 Å². The van der Waals surface area contributed by atoms with Crippen molar-refractivity contribution in [3.63, 3.8) is 0 Å². The topological polar surface area (TPSA) is 3.24 Å². The molecule has 242 valence electrons. The zero-order valence-corrected chi connectivity index (χ0v) is 29.4. The molecular weight excluding hydrogens is 635 g/mol. The predicted molar refractivity (Wildman–Crippen MR) is 220 cm³/mol. The van der Waals surface area contributed by atoms with Crippen LogP contribution in [0.15, 0.2) is 176 Å². The SMILES string of the molecule is CC1(C)c2ccccc2-c2c(N(c3ccc(-c4ccc5c(ccc6sc7ccccc7c65)c4)cc3)c3cccc(-c4ccccc4)c3)cccc21. The Hall–Kier alpha value is -5.96. The molecule has 0 radical (unpaired) electrons. The highest BCUT2D eigenvalue weighted by molar-refractivity contribution is 7.26. The lowest BCUT2D eigenvalue weighted by Gasteiger charge is -2.29. The van der Waals surface area contributed by atoms with Crippen LogP contribution in [0.1, 0.15) is 25.0 Å². The Morgan fingerprint density at radius 3 is 2.02 bits per heavy atom. The van der Waals surface area contributed by atoms with Crippen molar-refractivity contribution in [2.24, 2.45) is 0 Å². The van der Waals surface area contributed by atoms with E-state index in [1.165, 1.54) is 81.1 Å². The van der Waals surface area contributed by atoms with Gasteiger partial charge in [-0.3, -0.25) is 0 Å². The fourth-order valence-corrected chi connectivity index (χ4v) is 9.46. The molecule has 9 aromatic rings. The Balaban J connectivity index is 1.11. The first kappa shape index (κ1) is 29.9. The van der Waals surface area contributed by atoms with E-state index < -0.39 is 0 Å². The zero-order chi connectivity index (χ0) is 34.1. The van der Waals surface area contributed by atoms with Crippen LogP contribution < -0.4 is 4.90 Å². The number of anilines is 3. The molecule has 10 rings (SSSR count). The Labute approximate surface area is 302 Å². The van der Waals surface area contributed by atoms with E-state index in [1.807, 2.05) is 11.3 Å². The molecule has 0 amide bonds. The van der Waals surface area contributed by atoms with E-state index in [1.54, 1.807) is 0 Å². The van der Waals surface area contributed by atoms with Gasteiger partial charge in [0.2, 0.25) is 0 Å². The quantitative estimate of drug-likeness (QED) is 0.176. The summed E-state index contributed by atoms with van der Waals surface area (Å²) in [7, 11) is 0. The average Bonchev–Trinajstić information content (AvgIpc) is 3.68. The van der Waals surface area contributed by atoms with Gasteiger partial charge in [0.15, 0.2) is 0 Å². The molecule has 51 heavy (non-hydrogen) atoms. The molecule has 1 aliphatic rings. The maximum absolute atomic E-state index is 2.45. The fraction of sp³-hybridized carbons (Fsp3) is 0.0612. The highest BCUT2D eigenvalue weighted by Crippen LogP contribution is 2.54. The molecule has 8 aromatic carbocycles. The van der Waals surface area contributed by atoms with Crippen molar-refractivity contribution >= 4 is 59.3 Å². The van der Waals surface area contributed by atoms with Gasteiger partial charge in [-0.2, -0.15) is 0 Å². The van der Waals surface area contributed by atoms with Crippen molar-refractivity contribution in [3.05, 3.63) is 187 Å². The van der Waals surface area contributed by atoms with Gasteiger partial charge in [0.1, 0.15) is 0 Å². The third-order valence-corrected chi connectivity index (χ3v) is 12.0. The van der Waals surface area contributed by atoms with Crippen molar-refractivity contribution in [2.45, 2.75) is 19.3 Å². The van der Waals surface area contributed by atoms with Gasteiger partial charge < -0.3 is 4.90 Å². The largest absolute Gasteiger partial charge is 0.310 e. The molecule has 0 unspecified atom stereocenters. The summed E-state index contributed by atoms with van der Waals surface area (Å²) in [5.41, 5.74) is 13.6.